The number of H-pyrrole nitrogens is 2. The number of aromatic nitrogens is 2. The van der Waals surface area contributed by atoms with Crippen molar-refractivity contribution in [2.45, 2.75) is 0 Å². The molecule has 0 amide bonds. The summed E-state index contributed by atoms with van der Waals surface area (Å²) in [5.74, 6) is 0.374. The quantitative estimate of drug-likeness (QED) is 0.597. The number of hydrogen-bond donors (Lipinski definition) is 2. The molecule has 0 aliphatic carbocycles. The molecule has 0 atom stereocenters. The molecule has 104 valence electrons. The summed E-state index contributed by atoms with van der Waals surface area (Å²) < 4.78 is 6.34. The van der Waals surface area contributed by atoms with E-state index in [1.165, 1.54) is 12.2 Å². The van der Waals surface area contributed by atoms with Gasteiger partial charge in [0.05, 0.1) is 9.40 Å². The van der Waals surface area contributed by atoms with E-state index in [1.807, 2.05) is 0 Å². The standard InChI is InChI=1S/C10H5Br2N3O5/c11-5-3-4(20-8(5)12)1-2-6-7(15(18)19)9(16)14-10(17)13-6/h1-3H,(H2,13,14,16,17)/b2-1+. The van der Waals surface area contributed by atoms with Crippen LogP contribution in [0, 0.1) is 10.1 Å². The zero-order chi connectivity index (χ0) is 14.9. The molecule has 0 fully saturated rings. The fourth-order valence-electron chi connectivity index (χ4n) is 1.41. The van der Waals surface area contributed by atoms with Crippen LogP contribution in [-0.2, 0) is 0 Å². The van der Waals surface area contributed by atoms with Crippen LogP contribution in [0.15, 0.2) is 29.2 Å². The summed E-state index contributed by atoms with van der Waals surface area (Å²) in [6, 6.07) is 1.61. The second kappa shape index (κ2) is 5.59. The van der Waals surface area contributed by atoms with Gasteiger partial charge in [-0.1, -0.05) is 0 Å². The molecule has 2 aromatic heterocycles. The third kappa shape index (κ3) is 2.96. The fourth-order valence-corrected chi connectivity index (χ4v) is 2.02. The van der Waals surface area contributed by atoms with Crippen molar-refractivity contribution in [3.63, 3.8) is 0 Å². The largest absolute Gasteiger partial charge is 0.449 e. The van der Waals surface area contributed by atoms with Crippen molar-refractivity contribution in [3.05, 3.63) is 57.6 Å². The first kappa shape index (κ1) is 14.5. The number of halogens is 2. The predicted molar refractivity (Wildman–Crippen MR) is 77.4 cm³/mol. The molecule has 0 saturated heterocycles. The van der Waals surface area contributed by atoms with Crippen LogP contribution < -0.4 is 11.2 Å². The van der Waals surface area contributed by atoms with Gasteiger partial charge >= 0.3 is 16.9 Å². The minimum absolute atomic E-state index is 0.215. The van der Waals surface area contributed by atoms with Crippen LogP contribution in [0.3, 0.4) is 0 Å². The highest BCUT2D eigenvalue weighted by Gasteiger charge is 2.18. The number of hydrogen-bond acceptors (Lipinski definition) is 5. The lowest BCUT2D eigenvalue weighted by molar-refractivity contribution is -0.386. The summed E-state index contributed by atoms with van der Waals surface area (Å²) in [4.78, 5) is 36.5. The van der Waals surface area contributed by atoms with Gasteiger partial charge in [-0.3, -0.25) is 19.9 Å². The van der Waals surface area contributed by atoms with Crippen LogP contribution >= 0.6 is 31.9 Å². The van der Waals surface area contributed by atoms with Crippen LogP contribution in [0.4, 0.5) is 5.69 Å². The molecular weight excluding hydrogens is 402 g/mol. The number of rotatable bonds is 3. The van der Waals surface area contributed by atoms with E-state index < -0.39 is 21.9 Å². The third-order valence-electron chi connectivity index (χ3n) is 2.21. The first-order valence-corrected chi connectivity index (χ1v) is 6.61. The van der Waals surface area contributed by atoms with E-state index in [1.54, 1.807) is 11.1 Å². The van der Waals surface area contributed by atoms with Crippen LogP contribution in [-0.4, -0.2) is 14.9 Å². The van der Waals surface area contributed by atoms with Gasteiger partial charge in [0.2, 0.25) is 0 Å². The average molecular weight is 407 g/mol. The molecule has 0 aliphatic heterocycles. The molecule has 2 rings (SSSR count). The number of nitrogens with zero attached hydrogens (tertiary/aromatic N) is 1. The summed E-state index contributed by atoms with van der Waals surface area (Å²) in [5, 5.41) is 10.8. The van der Waals surface area contributed by atoms with E-state index in [4.69, 9.17) is 4.42 Å². The van der Waals surface area contributed by atoms with Crippen molar-refractivity contribution >= 4 is 49.7 Å². The summed E-state index contributed by atoms with van der Waals surface area (Å²) in [7, 11) is 0. The van der Waals surface area contributed by atoms with Crippen molar-refractivity contribution in [1.82, 2.24) is 9.97 Å². The zero-order valence-electron chi connectivity index (χ0n) is 9.48. The molecule has 0 spiro atoms. The maximum Gasteiger partial charge on any atom is 0.357 e. The van der Waals surface area contributed by atoms with Crippen molar-refractivity contribution in [2.24, 2.45) is 0 Å². The van der Waals surface area contributed by atoms with Gasteiger partial charge in [0.1, 0.15) is 11.5 Å². The van der Waals surface area contributed by atoms with Gasteiger partial charge < -0.3 is 9.40 Å². The molecular formula is C10H5Br2N3O5. The highest BCUT2D eigenvalue weighted by molar-refractivity contribution is 9.13. The smallest absolute Gasteiger partial charge is 0.357 e. The molecule has 0 bridgehead atoms. The highest BCUT2D eigenvalue weighted by Crippen LogP contribution is 2.27. The van der Waals surface area contributed by atoms with Gasteiger partial charge in [0.25, 0.3) is 0 Å². The van der Waals surface area contributed by atoms with Crippen molar-refractivity contribution in [2.75, 3.05) is 0 Å². The molecule has 0 aliphatic rings. The minimum Gasteiger partial charge on any atom is -0.449 e. The van der Waals surface area contributed by atoms with E-state index in [-0.39, 0.29) is 5.69 Å². The third-order valence-corrected chi connectivity index (χ3v) is 3.92. The first-order valence-electron chi connectivity index (χ1n) is 5.02. The topological polar surface area (TPSA) is 122 Å². The Bertz CT molecular complexity index is 798. The second-order valence-electron chi connectivity index (χ2n) is 3.53. The summed E-state index contributed by atoms with van der Waals surface area (Å²) in [5.41, 5.74) is -2.86. The SMILES string of the molecule is O=c1[nH]c(/C=C/c2cc(Br)c(Br)o2)c([N+](=O)[O-])c(=O)[nH]1. The Hall–Kier alpha value is -1.94. The lowest BCUT2D eigenvalue weighted by Gasteiger charge is -1.95. The van der Waals surface area contributed by atoms with Gasteiger partial charge in [-0.15, -0.1) is 0 Å². The monoisotopic (exact) mass is 405 g/mol. The number of nitrogens with one attached hydrogen (secondary N) is 2. The molecule has 2 aromatic rings. The molecule has 2 heterocycles. The Morgan fingerprint density at radius 2 is 1.95 bits per heavy atom. The molecule has 0 aromatic carbocycles. The molecule has 10 heteroatoms. The molecule has 0 saturated carbocycles. The van der Waals surface area contributed by atoms with E-state index in [0.29, 0.717) is 14.9 Å². The minimum atomic E-state index is -1.07. The Balaban J connectivity index is 2.50. The maximum atomic E-state index is 11.4. The number of nitro groups is 1. The molecule has 0 radical (unpaired) electrons. The van der Waals surface area contributed by atoms with E-state index in [0.717, 1.165) is 0 Å². The van der Waals surface area contributed by atoms with Crippen molar-refractivity contribution < 1.29 is 9.34 Å². The predicted octanol–water partition coefficient (Wildman–Crippen LogP) is 2.26. The van der Waals surface area contributed by atoms with E-state index in [9.17, 15) is 19.7 Å². The Labute approximate surface area is 126 Å². The number of aromatic amines is 2. The van der Waals surface area contributed by atoms with Gasteiger partial charge in [0.15, 0.2) is 4.67 Å². The molecule has 0 unspecified atom stereocenters. The summed E-state index contributed by atoms with van der Waals surface area (Å²) in [6.45, 7) is 0. The van der Waals surface area contributed by atoms with E-state index in [2.05, 4.69) is 36.8 Å². The maximum absolute atomic E-state index is 11.4. The van der Waals surface area contributed by atoms with Gasteiger partial charge in [-0.2, -0.15) is 0 Å². The van der Waals surface area contributed by atoms with Crippen LogP contribution in [0.25, 0.3) is 12.2 Å². The Morgan fingerprint density at radius 3 is 2.50 bits per heavy atom. The normalized spacial score (nSPS) is 11.1. The lowest BCUT2D eigenvalue weighted by Crippen LogP contribution is -2.25. The lowest BCUT2D eigenvalue weighted by atomic mass is 10.3. The van der Waals surface area contributed by atoms with Crippen molar-refractivity contribution in [3.8, 4) is 0 Å². The van der Waals surface area contributed by atoms with E-state index >= 15 is 0 Å². The highest BCUT2D eigenvalue weighted by atomic mass is 79.9. The summed E-state index contributed by atoms with van der Waals surface area (Å²) in [6.07, 6.45) is 2.60. The first-order chi connectivity index (χ1) is 9.38. The molecule has 20 heavy (non-hydrogen) atoms. The van der Waals surface area contributed by atoms with Crippen LogP contribution in [0.1, 0.15) is 11.5 Å². The average Bonchev–Trinajstić information content (AvgIpc) is 2.64. The van der Waals surface area contributed by atoms with Gasteiger partial charge in [0, 0.05) is 0 Å². The molecule has 2 N–H and O–H groups in total. The van der Waals surface area contributed by atoms with Gasteiger partial charge in [-0.05, 0) is 50.1 Å². The van der Waals surface area contributed by atoms with Crippen LogP contribution in [0.5, 0.6) is 0 Å². The Morgan fingerprint density at radius 1 is 1.25 bits per heavy atom. The number of furan rings is 1. The van der Waals surface area contributed by atoms with Crippen molar-refractivity contribution in [1.29, 1.82) is 0 Å². The van der Waals surface area contributed by atoms with Crippen LogP contribution in [0.2, 0.25) is 0 Å². The second-order valence-corrected chi connectivity index (χ2v) is 5.11. The summed E-state index contributed by atoms with van der Waals surface area (Å²) >= 11 is 6.34. The zero-order valence-corrected chi connectivity index (χ0v) is 12.6. The Kier molecular flexibility index (Phi) is 4.04. The van der Waals surface area contributed by atoms with Gasteiger partial charge in [-0.25, -0.2) is 4.79 Å². The molecule has 8 nitrogen and oxygen atoms in total. The fraction of sp³-hybridized carbons (Fsp3) is 0.